The minimum Gasteiger partial charge on any atom is -0.368 e. The average molecular weight is 353 g/mol. The lowest BCUT2D eigenvalue weighted by Crippen LogP contribution is -2.19. The lowest BCUT2D eigenvalue weighted by atomic mass is 10.1. The zero-order valence-corrected chi connectivity index (χ0v) is 14.8. The summed E-state index contributed by atoms with van der Waals surface area (Å²) in [4.78, 5) is 17.0. The van der Waals surface area contributed by atoms with Gasteiger partial charge in [0, 0.05) is 5.69 Å². The second kappa shape index (κ2) is 7.40. The number of amides is 1. The molecule has 0 saturated heterocycles. The molecule has 0 aliphatic carbocycles. The molecule has 0 radical (unpaired) electrons. The SMILES string of the molecule is Cc1cc(C)cc(NC(=O)C(Sc2n[nH]c(N)n2)c2ccccc2)c1. The number of aryl methyl sites for hydroxylation is 2. The second-order valence-corrected chi connectivity index (χ2v) is 6.85. The largest absolute Gasteiger partial charge is 0.368 e. The molecule has 1 unspecified atom stereocenters. The highest BCUT2D eigenvalue weighted by Crippen LogP contribution is 2.34. The van der Waals surface area contributed by atoms with E-state index in [2.05, 4.69) is 26.6 Å². The van der Waals surface area contributed by atoms with E-state index >= 15 is 0 Å². The van der Waals surface area contributed by atoms with Gasteiger partial charge in [-0.2, -0.15) is 4.98 Å². The molecule has 0 spiro atoms. The van der Waals surface area contributed by atoms with Crippen molar-refractivity contribution in [2.45, 2.75) is 24.3 Å². The van der Waals surface area contributed by atoms with E-state index in [-0.39, 0.29) is 11.9 Å². The molecule has 6 nitrogen and oxygen atoms in total. The number of nitrogens with zero attached hydrogens (tertiary/aromatic N) is 2. The fraction of sp³-hybridized carbons (Fsp3) is 0.167. The van der Waals surface area contributed by atoms with Gasteiger partial charge in [0.1, 0.15) is 5.25 Å². The quantitative estimate of drug-likeness (QED) is 0.610. The third-order valence-electron chi connectivity index (χ3n) is 3.54. The van der Waals surface area contributed by atoms with Crippen LogP contribution in [0.2, 0.25) is 0 Å². The molecule has 1 amide bonds. The first-order valence-electron chi connectivity index (χ1n) is 7.80. The first kappa shape index (κ1) is 17.0. The summed E-state index contributed by atoms with van der Waals surface area (Å²) < 4.78 is 0. The van der Waals surface area contributed by atoms with E-state index < -0.39 is 5.25 Å². The fourth-order valence-corrected chi connectivity index (χ4v) is 3.49. The molecule has 1 heterocycles. The van der Waals surface area contributed by atoms with Gasteiger partial charge in [-0.3, -0.25) is 4.79 Å². The number of rotatable bonds is 5. The van der Waals surface area contributed by atoms with Crippen molar-refractivity contribution in [1.29, 1.82) is 0 Å². The van der Waals surface area contributed by atoms with E-state index in [1.54, 1.807) is 0 Å². The number of nitrogens with two attached hydrogens (primary N) is 1. The Labute approximate surface area is 150 Å². The molecule has 25 heavy (non-hydrogen) atoms. The van der Waals surface area contributed by atoms with Crippen molar-refractivity contribution in [3.8, 4) is 0 Å². The molecular formula is C18H19N5OS. The maximum absolute atomic E-state index is 12.9. The van der Waals surface area contributed by atoms with Gasteiger partial charge in [-0.1, -0.05) is 48.2 Å². The second-order valence-electron chi connectivity index (χ2n) is 5.78. The number of nitrogens with one attached hydrogen (secondary N) is 2. The van der Waals surface area contributed by atoms with Gasteiger partial charge < -0.3 is 11.1 Å². The Morgan fingerprint density at radius 1 is 1.16 bits per heavy atom. The number of benzene rings is 2. The first-order valence-corrected chi connectivity index (χ1v) is 8.68. The summed E-state index contributed by atoms with van der Waals surface area (Å²) in [6.45, 7) is 4.00. The predicted molar refractivity (Wildman–Crippen MR) is 100 cm³/mol. The van der Waals surface area contributed by atoms with E-state index in [1.807, 2.05) is 56.3 Å². The molecule has 7 heteroatoms. The van der Waals surface area contributed by atoms with E-state index in [4.69, 9.17) is 5.73 Å². The van der Waals surface area contributed by atoms with Crippen molar-refractivity contribution in [2.24, 2.45) is 0 Å². The molecule has 3 aromatic rings. The smallest absolute Gasteiger partial charge is 0.242 e. The van der Waals surface area contributed by atoms with Crippen LogP contribution in [-0.4, -0.2) is 21.1 Å². The lowest BCUT2D eigenvalue weighted by Gasteiger charge is -2.16. The normalized spacial score (nSPS) is 11.9. The average Bonchev–Trinajstić information content (AvgIpc) is 2.97. The molecule has 2 aromatic carbocycles. The molecule has 0 bridgehead atoms. The summed E-state index contributed by atoms with van der Waals surface area (Å²) in [5.41, 5.74) is 9.43. The molecule has 128 valence electrons. The highest BCUT2D eigenvalue weighted by molar-refractivity contribution is 8.00. The first-order chi connectivity index (χ1) is 12.0. The number of anilines is 2. The van der Waals surface area contributed by atoms with Crippen LogP contribution in [0.4, 0.5) is 11.6 Å². The van der Waals surface area contributed by atoms with E-state index in [1.165, 1.54) is 11.8 Å². The summed E-state index contributed by atoms with van der Waals surface area (Å²) in [6.07, 6.45) is 0. The number of thioether (sulfide) groups is 1. The van der Waals surface area contributed by atoms with Gasteiger partial charge in [0.2, 0.25) is 17.0 Å². The Kier molecular flexibility index (Phi) is 5.04. The van der Waals surface area contributed by atoms with Crippen molar-refractivity contribution in [1.82, 2.24) is 15.2 Å². The van der Waals surface area contributed by atoms with Crippen LogP contribution in [0.1, 0.15) is 21.9 Å². The Hall–Kier alpha value is -2.80. The molecule has 1 atom stereocenters. The van der Waals surface area contributed by atoms with Gasteiger partial charge in [0.05, 0.1) is 0 Å². The zero-order valence-electron chi connectivity index (χ0n) is 14.0. The fourth-order valence-electron chi connectivity index (χ4n) is 2.57. The number of H-pyrrole nitrogens is 1. The molecular weight excluding hydrogens is 334 g/mol. The Bertz CT molecular complexity index is 858. The van der Waals surface area contributed by atoms with Gasteiger partial charge in [-0.15, -0.1) is 5.10 Å². The van der Waals surface area contributed by atoms with E-state index in [9.17, 15) is 4.79 Å². The number of carbonyl (C=O) groups is 1. The summed E-state index contributed by atoms with van der Waals surface area (Å²) in [6, 6.07) is 15.5. The van der Waals surface area contributed by atoms with Crippen LogP contribution in [0.25, 0.3) is 0 Å². The van der Waals surface area contributed by atoms with Gasteiger partial charge in [0.15, 0.2) is 0 Å². The van der Waals surface area contributed by atoms with Gasteiger partial charge >= 0.3 is 0 Å². The van der Waals surface area contributed by atoms with Crippen LogP contribution in [0.3, 0.4) is 0 Å². The van der Waals surface area contributed by atoms with Crippen LogP contribution in [0.5, 0.6) is 0 Å². The van der Waals surface area contributed by atoms with Crippen molar-refractivity contribution >= 4 is 29.3 Å². The molecule has 0 saturated carbocycles. The van der Waals surface area contributed by atoms with Gasteiger partial charge in [-0.25, -0.2) is 5.10 Å². The molecule has 0 aliphatic rings. The zero-order chi connectivity index (χ0) is 17.8. The Balaban J connectivity index is 1.86. The topological polar surface area (TPSA) is 96.7 Å². The minimum atomic E-state index is -0.489. The highest BCUT2D eigenvalue weighted by atomic mass is 32.2. The number of nitrogen functional groups attached to an aromatic ring is 1. The van der Waals surface area contributed by atoms with Gasteiger partial charge in [-0.05, 0) is 42.7 Å². The summed E-state index contributed by atoms with van der Waals surface area (Å²) in [5.74, 6) is 0.0913. The number of carbonyl (C=O) groups excluding carboxylic acids is 1. The number of hydrogen-bond donors (Lipinski definition) is 3. The minimum absolute atomic E-state index is 0.135. The summed E-state index contributed by atoms with van der Waals surface area (Å²) in [7, 11) is 0. The predicted octanol–water partition coefficient (Wildman–Crippen LogP) is 3.48. The molecule has 0 fully saturated rings. The van der Waals surface area contributed by atoms with E-state index in [0.29, 0.717) is 5.16 Å². The van der Waals surface area contributed by atoms with Gasteiger partial charge in [0.25, 0.3) is 0 Å². The summed E-state index contributed by atoms with van der Waals surface area (Å²) >= 11 is 1.25. The van der Waals surface area contributed by atoms with E-state index in [0.717, 1.165) is 22.4 Å². The van der Waals surface area contributed by atoms with Crippen LogP contribution in [0.15, 0.2) is 53.7 Å². The Morgan fingerprint density at radius 2 is 1.84 bits per heavy atom. The van der Waals surface area contributed by atoms with Crippen LogP contribution in [-0.2, 0) is 4.79 Å². The molecule has 0 aliphatic heterocycles. The number of aromatic amines is 1. The maximum Gasteiger partial charge on any atom is 0.242 e. The number of aromatic nitrogens is 3. The van der Waals surface area contributed by atoms with Crippen LogP contribution in [0, 0.1) is 13.8 Å². The third-order valence-corrected chi connectivity index (χ3v) is 4.65. The molecule has 1 aromatic heterocycles. The highest BCUT2D eigenvalue weighted by Gasteiger charge is 2.24. The maximum atomic E-state index is 12.9. The van der Waals surface area contributed by atoms with Crippen molar-refractivity contribution in [2.75, 3.05) is 11.1 Å². The van der Waals surface area contributed by atoms with Crippen LogP contribution >= 0.6 is 11.8 Å². The third kappa shape index (κ3) is 4.39. The van der Waals surface area contributed by atoms with Crippen LogP contribution < -0.4 is 11.1 Å². The monoisotopic (exact) mass is 353 g/mol. The Morgan fingerprint density at radius 3 is 2.44 bits per heavy atom. The van der Waals surface area contributed by atoms with Crippen molar-refractivity contribution in [3.63, 3.8) is 0 Å². The molecule has 4 N–H and O–H groups in total. The molecule has 3 rings (SSSR count). The van der Waals surface area contributed by atoms with Crippen molar-refractivity contribution < 1.29 is 4.79 Å². The summed E-state index contributed by atoms with van der Waals surface area (Å²) in [5, 5.41) is 9.55. The van der Waals surface area contributed by atoms with Crippen molar-refractivity contribution in [3.05, 3.63) is 65.2 Å². The number of hydrogen-bond acceptors (Lipinski definition) is 5. The lowest BCUT2D eigenvalue weighted by molar-refractivity contribution is -0.115. The standard InChI is InChI=1S/C18H19N5OS/c1-11-8-12(2)10-14(9-11)20-16(24)15(13-6-4-3-5-7-13)25-18-21-17(19)22-23-18/h3-10,15H,1-2H3,(H,20,24)(H3,19,21,22,23).